The molecule has 3 aromatic heterocycles. The van der Waals surface area contributed by atoms with Crippen LogP contribution in [0.4, 0.5) is 11.5 Å². The summed E-state index contributed by atoms with van der Waals surface area (Å²) in [6.07, 6.45) is 5.13. The van der Waals surface area contributed by atoms with Crippen LogP contribution in [0.3, 0.4) is 0 Å². The highest BCUT2D eigenvalue weighted by molar-refractivity contribution is 6.01. The Balaban J connectivity index is 1.45. The van der Waals surface area contributed by atoms with Gasteiger partial charge in [0.15, 0.2) is 5.82 Å². The van der Waals surface area contributed by atoms with Crippen LogP contribution in [0.1, 0.15) is 32.7 Å². The number of ether oxygens (including phenoxy) is 1. The zero-order chi connectivity index (χ0) is 25.7. The molecule has 0 bridgehead atoms. The van der Waals surface area contributed by atoms with Crippen LogP contribution in [0, 0.1) is 0 Å². The predicted octanol–water partition coefficient (Wildman–Crippen LogP) is 3.25. The third-order valence-corrected chi connectivity index (χ3v) is 7.90. The topological polar surface area (TPSA) is 107 Å². The van der Waals surface area contributed by atoms with Crippen LogP contribution in [-0.4, -0.2) is 74.1 Å². The fraction of sp³-hybridized carbons (Fsp3) is 0.407. The minimum atomic E-state index is -0.562. The molecule has 192 valence electrons. The number of nitrogens with two attached hydrogens (primary N) is 1. The van der Waals surface area contributed by atoms with Crippen molar-refractivity contribution in [3.05, 3.63) is 48.9 Å². The smallest absolute Gasteiger partial charge is 0.246 e. The highest BCUT2D eigenvalue weighted by atomic mass is 16.5. The summed E-state index contributed by atoms with van der Waals surface area (Å²) in [6, 6.07) is 12.4. The third-order valence-electron chi connectivity index (χ3n) is 7.90. The van der Waals surface area contributed by atoms with Crippen molar-refractivity contribution >= 4 is 22.9 Å². The fourth-order valence-corrected chi connectivity index (χ4v) is 5.42. The molecule has 4 aromatic rings. The molecule has 1 aromatic carbocycles. The van der Waals surface area contributed by atoms with Crippen LogP contribution in [0.25, 0.3) is 28.0 Å². The van der Waals surface area contributed by atoms with Gasteiger partial charge in [-0.05, 0) is 58.0 Å². The molecule has 0 spiro atoms. The number of amides is 1. The third kappa shape index (κ3) is 3.87. The van der Waals surface area contributed by atoms with Crippen molar-refractivity contribution in [3.63, 3.8) is 0 Å². The van der Waals surface area contributed by atoms with Gasteiger partial charge in [0.2, 0.25) is 5.91 Å². The molecule has 10 nitrogen and oxygen atoms in total. The van der Waals surface area contributed by atoms with E-state index in [0.29, 0.717) is 12.4 Å². The Bertz CT molecular complexity index is 1470. The maximum atomic E-state index is 13.3. The number of nitrogens with zero attached hydrogens (tertiary/aromatic N) is 7. The molecule has 6 rings (SSSR count). The van der Waals surface area contributed by atoms with Crippen LogP contribution >= 0.6 is 0 Å². The van der Waals surface area contributed by atoms with Gasteiger partial charge in [-0.25, -0.2) is 9.50 Å². The summed E-state index contributed by atoms with van der Waals surface area (Å²) < 4.78 is 9.49. The van der Waals surface area contributed by atoms with Gasteiger partial charge in [-0.1, -0.05) is 12.1 Å². The molecule has 2 saturated heterocycles. The molecule has 0 radical (unpaired) electrons. The predicted molar refractivity (Wildman–Crippen MR) is 142 cm³/mol. The van der Waals surface area contributed by atoms with E-state index < -0.39 is 5.54 Å². The zero-order valence-electron chi connectivity index (χ0n) is 21.5. The largest absolute Gasteiger partial charge is 0.382 e. The highest BCUT2D eigenvalue weighted by Gasteiger charge is 2.40. The number of piperazine rings is 1. The van der Waals surface area contributed by atoms with E-state index in [1.807, 2.05) is 60.8 Å². The quantitative estimate of drug-likeness (QED) is 0.458. The first-order valence-corrected chi connectivity index (χ1v) is 12.7. The van der Waals surface area contributed by atoms with Crippen molar-refractivity contribution in [1.29, 1.82) is 0 Å². The maximum Gasteiger partial charge on any atom is 0.246 e. The number of carbonyl (C=O) groups is 1. The molecule has 0 unspecified atom stereocenters. The summed E-state index contributed by atoms with van der Waals surface area (Å²) in [6.45, 7) is 6.85. The van der Waals surface area contributed by atoms with Gasteiger partial charge < -0.3 is 15.4 Å². The van der Waals surface area contributed by atoms with E-state index in [4.69, 9.17) is 10.5 Å². The summed E-state index contributed by atoms with van der Waals surface area (Å²) in [4.78, 5) is 21.6. The van der Waals surface area contributed by atoms with Crippen LogP contribution < -0.4 is 10.6 Å². The Morgan fingerprint density at radius 2 is 1.86 bits per heavy atom. The van der Waals surface area contributed by atoms with E-state index in [0.717, 1.165) is 66.3 Å². The second kappa shape index (κ2) is 8.97. The first-order valence-electron chi connectivity index (χ1n) is 12.7. The van der Waals surface area contributed by atoms with Crippen LogP contribution in [0.2, 0.25) is 0 Å². The van der Waals surface area contributed by atoms with Gasteiger partial charge >= 0.3 is 0 Å². The molecule has 1 amide bonds. The van der Waals surface area contributed by atoms with Gasteiger partial charge in [0, 0.05) is 49.3 Å². The number of nitrogen functional groups attached to an aromatic ring is 1. The fourth-order valence-electron chi connectivity index (χ4n) is 5.42. The van der Waals surface area contributed by atoms with Crippen molar-refractivity contribution in [2.24, 2.45) is 0 Å². The lowest BCUT2D eigenvalue weighted by molar-refractivity contribution is -0.130. The van der Waals surface area contributed by atoms with Crippen molar-refractivity contribution in [2.45, 2.75) is 38.3 Å². The molecule has 37 heavy (non-hydrogen) atoms. The monoisotopic (exact) mass is 500 g/mol. The average Bonchev–Trinajstić information content (AvgIpc) is 3.54. The maximum absolute atomic E-state index is 13.3. The molecule has 0 aliphatic carbocycles. The Morgan fingerprint density at radius 3 is 2.68 bits per heavy atom. The van der Waals surface area contributed by atoms with Gasteiger partial charge in [0.1, 0.15) is 11.8 Å². The summed E-state index contributed by atoms with van der Waals surface area (Å²) in [7, 11) is 2.00. The SMILES string of the molecule is CN1CCN(c2cccc(-c3cc(-c4ccnn4C4CCOCC4)c4c(N)ncnn34)c2)C(=O)C1(C)C. The summed E-state index contributed by atoms with van der Waals surface area (Å²) in [5.41, 5.74) is 11.2. The van der Waals surface area contributed by atoms with Gasteiger partial charge in [-0.15, -0.1) is 0 Å². The molecule has 5 heterocycles. The number of rotatable bonds is 4. The number of likely N-dealkylation sites (N-methyl/N-ethyl adjacent to an activating group) is 1. The molecular weight excluding hydrogens is 468 g/mol. The first-order chi connectivity index (χ1) is 17.9. The Labute approximate surface area is 215 Å². The number of carbonyl (C=O) groups excluding carboxylic acids is 1. The summed E-state index contributed by atoms with van der Waals surface area (Å²) in [5.74, 6) is 0.495. The van der Waals surface area contributed by atoms with Gasteiger partial charge in [-0.3, -0.25) is 14.4 Å². The van der Waals surface area contributed by atoms with Crippen molar-refractivity contribution < 1.29 is 9.53 Å². The molecule has 2 aliphatic rings. The first kappa shape index (κ1) is 23.6. The minimum absolute atomic E-state index is 0.0889. The number of hydrogen-bond acceptors (Lipinski definition) is 7. The van der Waals surface area contributed by atoms with E-state index in [9.17, 15) is 4.79 Å². The molecule has 0 saturated carbocycles. The highest BCUT2D eigenvalue weighted by Crippen LogP contribution is 2.38. The van der Waals surface area contributed by atoms with Crippen LogP contribution in [0.5, 0.6) is 0 Å². The standard InChI is InChI=1S/C27H32N8O2/c1-27(2)26(36)33(12-11-32(27)3)20-6-4-5-18(15-20)23-16-21(24-25(28)29-17-31-35(23)24)22-7-10-30-34(22)19-8-13-37-14-9-19/h4-7,10,15-17,19H,8-9,11-14H2,1-3H3,(H2,28,29,31). The van der Waals surface area contributed by atoms with Crippen LogP contribution in [0.15, 0.2) is 48.9 Å². The van der Waals surface area contributed by atoms with Gasteiger partial charge in [0.25, 0.3) is 0 Å². The number of benzene rings is 1. The van der Waals surface area contributed by atoms with Crippen LogP contribution in [-0.2, 0) is 9.53 Å². The van der Waals surface area contributed by atoms with E-state index in [1.54, 1.807) is 0 Å². The van der Waals surface area contributed by atoms with Crippen molar-refractivity contribution in [2.75, 3.05) is 44.0 Å². The second-order valence-corrected chi connectivity index (χ2v) is 10.3. The number of aromatic nitrogens is 5. The molecule has 2 aliphatic heterocycles. The van der Waals surface area contributed by atoms with Crippen molar-refractivity contribution in [3.8, 4) is 22.5 Å². The lowest BCUT2D eigenvalue weighted by Gasteiger charge is -2.44. The van der Waals surface area contributed by atoms with E-state index in [2.05, 4.69) is 36.9 Å². The van der Waals surface area contributed by atoms with Gasteiger partial charge in [0.05, 0.1) is 23.0 Å². The lowest BCUT2D eigenvalue weighted by Crippen LogP contribution is -2.61. The van der Waals surface area contributed by atoms with Gasteiger partial charge in [-0.2, -0.15) is 10.2 Å². The van der Waals surface area contributed by atoms with E-state index in [1.165, 1.54) is 6.33 Å². The van der Waals surface area contributed by atoms with Crippen molar-refractivity contribution in [1.82, 2.24) is 29.3 Å². The van der Waals surface area contributed by atoms with E-state index in [-0.39, 0.29) is 11.9 Å². The lowest BCUT2D eigenvalue weighted by atomic mass is 9.97. The normalized spacial score (nSPS) is 19.1. The van der Waals surface area contributed by atoms with E-state index >= 15 is 0 Å². The summed E-state index contributed by atoms with van der Waals surface area (Å²) >= 11 is 0. The second-order valence-electron chi connectivity index (χ2n) is 10.3. The zero-order valence-corrected chi connectivity index (χ0v) is 21.5. The number of anilines is 2. The molecule has 10 heteroatoms. The Kier molecular flexibility index (Phi) is 5.73. The Morgan fingerprint density at radius 1 is 1.05 bits per heavy atom. The minimum Gasteiger partial charge on any atom is -0.382 e. The molecule has 2 N–H and O–H groups in total. The molecule has 0 atom stereocenters. The molecule has 2 fully saturated rings. The number of fused-ring (bicyclic) bond motifs is 1. The number of hydrogen-bond donors (Lipinski definition) is 1. The average molecular weight is 501 g/mol. The summed E-state index contributed by atoms with van der Waals surface area (Å²) in [5, 5.41) is 9.23. The Hall–Kier alpha value is -3.76. The molecular formula is C27H32N8O2.